The minimum absolute atomic E-state index is 0.377. The van der Waals surface area contributed by atoms with Gasteiger partial charge in [0, 0.05) is 29.9 Å². The van der Waals surface area contributed by atoms with Gasteiger partial charge in [-0.1, -0.05) is 0 Å². The van der Waals surface area contributed by atoms with Crippen LogP contribution < -0.4 is 16.4 Å². The largest absolute Gasteiger partial charge is 0.382 e. The van der Waals surface area contributed by atoms with E-state index in [9.17, 15) is 4.79 Å². The number of ether oxygens (including phenoxy) is 1. The third kappa shape index (κ3) is 3.37. The van der Waals surface area contributed by atoms with E-state index in [1.165, 1.54) is 0 Å². The van der Waals surface area contributed by atoms with Crippen LogP contribution >= 0.6 is 0 Å². The number of nitrogens with two attached hydrogens (primary N) is 1. The zero-order valence-corrected chi connectivity index (χ0v) is 10.5. The van der Waals surface area contributed by atoms with Crippen LogP contribution in [0.3, 0.4) is 0 Å². The van der Waals surface area contributed by atoms with Crippen molar-refractivity contribution in [3.63, 3.8) is 0 Å². The van der Waals surface area contributed by atoms with Crippen molar-refractivity contribution >= 4 is 17.4 Å². The van der Waals surface area contributed by atoms with Crippen LogP contribution in [0.5, 0.6) is 0 Å². The molecule has 0 saturated carbocycles. The normalized spacial score (nSPS) is 20.4. The molecule has 2 amide bonds. The third-order valence-electron chi connectivity index (χ3n) is 3.22. The number of primary amides is 1. The average molecular weight is 249 g/mol. The molecule has 0 spiro atoms. The van der Waals surface area contributed by atoms with Crippen LogP contribution in [0.15, 0.2) is 24.3 Å². The van der Waals surface area contributed by atoms with Gasteiger partial charge in [-0.2, -0.15) is 0 Å². The van der Waals surface area contributed by atoms with E-state index in [4.69, 9.17) is 10.5 Å². The van der Waals surface area contributed by atoms with Gasteiger partial charge in [-0.05, 0) is 37.6 Å². The molecule has 2 unspecified atom stereocenters. The summed E-state index contributed by atoms with van der Waals surface area (Å²) in [6, 6.07) is 7.33. The Labute approximate surface area is 107 Å². The first-order chi connectivity index (χ1) is 8.65. The van der Waals surface area contributed by atoms with Crippen molar-refractivity contribution in [2.45, 2.75) is 19.4 Å². The van der Waals surface area contributed by atoms with Crippen molar-refractivity contribution in [1.29, 1.82) is 0 Å². The zero-order valence-electron chi connectivity index (χ0n) is 10.5. The molecule has 1 heterocycles. The van der Waals surface area contributed by atoms with Gasteiger partial charge in [-0.3, -0.25) is 0 Å². The molecule has 1 aromatic carbocycles. The van der Waals surface area contributed by atoms with Crippen molar-refractivity contribution in [3.8, 4) is 0 Å². The van der Waals surface area contributed by atoms with Crippen LogP contribution in [0.1, 0.15) is 13.3 Å². The molecule has 1 aliphatic rings. The minimum atomic E-state index is -0.549. The lowest BCUT2D eigenvalue weighted by molar-refractivity contribution is 0.183. The first kappa shape index (κ1) is 12.7. The van der Waals surface area contributed by atoms with Crippen LogP contribution in [0.2, 0.25) is 0 Å². The van der Waals surface area contributed by atoms with Crippen molar-refractivity contribution in [3.05, 3.63) is 24.3 Å². The van der Waals surface area contributed by atoms with E-state index in [2.05, 4.69) is 17.6 Å². The van der Waals surface area contributed by atoms with Gasteiger partial charge in [0.1, 0.15) is 0 Å². The Morgan fingerprint density at radius 3 is 2.61 bits per heavy atom. The van der Waals surface area contributed by atoms with Gasteiger partial charge in [-0.15, -0.1) is 0 Å². The van der Waals surface area contributed by atoms with Crippen molar-refractivity contribution in [2.75, 3.05) is 23.8 Å². The van der Waals surface area contributed by atoms with Crippen LogP contribution in [0, 0.1) is 5.92 Å². The van der Waals surface area contributed by atoms with Crippen LogP contribution in [-0.2, 0) is 4.74 Å². The van der Waals surface area contributed by atoms with Gasteiger partial charge in [0.05, 0.1) is 6.61 Å². The molecule has 5 nitrogen and oxygen atoms in total. The first-order valence-electron chi connectivity index (χ1n) is 6.16. The number of urea groups is 1. The molecule has 0 aromatic heterocycles. The molecule has 1 fully saturated rings. The number of rotatable bonds is 4. The molecule has 1 aliphatic heterocycles. The first-order valence-corrected chi connectivity index (χ1v) is 6.16. The fourth-order valence-corrected chi connectivity index (χ4v) is 2.12. The number of amides is 2. The number of hydrogen-bond acceptors (Lipinski definition) is 3. The highest BCUT2D eigenvalue weighted by Crippen LogP contribution is 2.21. The maximum absolute atomic E-state index is 10.7. The van der Waals surface area contributed by atoms with Crippen molar-refractivity contribution in [1.82, 2.24) is 0 Å². The summed E-state index contributed by atoms with van der Waals surface area (Å²) in [5, 5.41) is 5.97. The van der Waals surface area contributed by atoms with E-state index < -0.39 is 6.03 Å². The maximum atomic E-state index is 10.7. The SMILES string of the molecule is CC(Nc1ccc(NC(N)=O)cc1)C1CCOC1. The quantitative estimate of drug-likeness (QED) is 0.764. The Bertz CT molecular complexity index is 399. The Morgan fingerprint density at radius 1 is 1.39 bits per heavy atom. The van der Waals surface area contributed by atoms with Gasteiger partial charge < -0.3 is 21.1 Å². The topological polar surface area (TPSA) is 76.4 Å². The number of benzene rings is 1. The van der Waals surface area contributed by atoms with Crippen LogP contribution in [0.4, 0.5) is 16.2 Å². The number of anilines is 2. The summed E-state index contributed by atoms with van der Waals surface area (Å²) in [6.45, 7) is 3.85. The van der Waals surface area contributed by atoms with E-state index in [1.54, 1.807) is 0 Å². The molecule has 2 rings (SSSR count). The molecule has 1 aromatic rings. The molecule has 0 radical (unpaired) electrons. The molecular weight excluding hydrogens is 230 g/mol. The Kier molecular flexibility index (Phi) is 4.04. The van der Waals surface area contributed by atoms with E-state index in [1.807, 2.05) is 24.3 Å². The molecule has 0 aliphatic carbocycles. The second-order valence-corrected chi connectivity index (χ2v) is 4.62. The van der Waals surface area contributed by atoms with Crippen molar-refractivity contribution < 1.29 is 9.53 Å². The fourth-order valence-electron chi connectivity index (χ4n) is 2.12. The number of hydrogen-bond donors (Lipinski definition) is 3. The van der Waals surface area contributed by atoms with E-state index in [0.29, 0.717) is 17.6 Å². The minimum Gasteiger partial charge on any atom is -0.382 e. The van der Waals surface area contributed by atoms with Gasteiger partial charge in [-0.25, -0.2) is 4.79 Å². The average Bonchev–Trinajstić information content (AvgIpc) is 2.84. The van der Waals surface area contributed by atoms with Gasteiger partial charge in [0.25, 0.3) is 0 Å². The fraction of sp³-hybridized carbons (Fsp3) is 0.462. The highest BCUT2D eigenvalue weighted by atomic mass is 16.5. The Morgan fingerprint density at radius 2 is 2.06 bits per heavy atom. The molecule has 2 atom stereocenters. The Hall–Kier alpha value is -1.75. The molecule has 18 heavy (non-hydrogen) atoms. The zero-order chi connectivity index (χ0) is 13.0. The summed E-state index contributed by atoms with van der Waals surface area (Å²) in [5.41, 5.74) is 6.78. The van der Waals surface area contributed by atoms with Gasteiger partial charge in [0.2, 0.25) is 0 Å². The summed E-state index contributed by atoms with van der Waals surface area (Å²) in [4.78, 5) is 10.7. The van der Waals surface area contributed by atoms with Crippen LogP contribution in [0.25, 0.3) is 0 Å². The third-order valence-corrected chi connectivity index (χ3v) is 3.22. The number of carbonyl (C=O) groups is 1. The standard InChI is InChI=1S/C13H19N3O2/c1-9(10-6-7-18-8-10)15-11-2-4-12(5-3-11)16-13(14)17/h2-5,9-10,15H,6-8H2,1H3,(H3,14,16,17). The molecule has 0 bridgehead atoms. The monoisotopic (exact) mass is 249 g/mol. The van der Waals surface area contributed by atoms with E-state index in [-0.39, 0.29) is 0 Å². The highest BCUT2D eigenvalue weighted by Gasteiger charge is 2.21. The molecule has 5 heteroatoms. The van der Waals surface area contributed by atoms with Crippen LogP contribution in [-0.4, -0.2) is 25.3 Å². The molecule has 98 valence electrons. The summed E-state index contributed by atoms with van der Waals surface area (Å²) >= 11 is 0. The van der Waals surface area contributed by atoms with E-state index >= 15 is 0 Å². The maximum Gasteiger partial charge on any atom is 0.316 e. The van der Waals surface area contributed by atoms with Crippen molar-refractivity contribution in [2.24, 2.45) is 11.7 Å². The lowest BCUT2D eigenvalue weighted by Crippen LogP contribution is -2.26. The summed E-state index contributed by atoms with van der Waals surface area (Å²) in [7, 11) is 0. The smallest absolute Gasteiger partial charge is 0.316 e. The summed E-state index contributed by atoms with van der Waals surface area (Å²) in [6.07, 6.45) is 1.11. The lowest BCUT2D eigenvalue weighted by Gasteiger charge is -2.20. The highest BCUT2D eigenvalue weighted by molar-refractivity contribution is 5.87. The van der Waals surface area contributed by atoms with Gasteiger partial charge >= 0.3 is 6.03 Å². The number of nitrogens with one attached hydrogen (secondary N) is 2. The molecule has 4 N–H and O–H groups in total. The number of carbonyl (C=O) groups excluding carboxylic acids is 1. The molecular formula is C13H19N3O2. The van der Waals surface area contributed by atoms with Gasteiger partial charge in [0.15, 0.2) is 0 Å². The molecule has 1 saturated heterocycles. The van der Waals surface area contributed by atoms with E-state index in [0.717, 1.165) is 25.3 Å². The predicted molar refractivity (Wildman–Crippen MR) is 71.7 cm³/mol. The Balaban J connectivity index is 1.91. The summed E-state index contributed by atoms with van der Waals surface area (Å²) in [5.74, 6) is 0.563. The predicted octanol–water partition coefficient (Wildman–Crippen LogP) is 2.01. The summed E-state index contributed by atoms with van der Waals surface area (Å²) < 4.78 is 5.38. The second-order valence-electron chi connectivity index (χ2n) is 4.62. The second kappa shape index (κ2) is 5.73. The lowest BCUT2D eigenvalue weighted by atomic mass is 10.0.